The molecule has 0 saturated heterocycles. The van der Waals surface area contributed by atoms with E-state index in [1.807, 2.05) is 49.4 Å². The van der Waals surface area contributed by atoms with E-state index in [1.54, 1.807) is 6.07 Å². The molecule has 0 bridgehead atoms. The largest absolute Gasteiger partial charge is 0.309 e. The lowest BCUT2D eigenvalue weighted by molar-refractivity contribution is 0.559. The van der Waals surface area contributed by atoms with Gasteiger partial charge in [0.1, 0.15) is 5.82 Å². The topological polar surface area (TPSA) is 57.8 Å². The number of para-hydroxylation sites is 1. The van der Waals surface area contributed by atoms with Crippen LogP contribution < -0.4 is 10.9 Å². The van der Waals surface area contributed by atoms with E-state index in [0.717, 1.165) is 5.56 Å². The van der Waals surface area contributed by atoms with E-state index in [2.05, 4.69) is 15.3 Å². The van der Waals surface area contributed by atoms with Crippen molar-refractivity contribution in [3.8, 4) is 0 Å². The molecule has 0 amide bonds. The standard InChI is InChI=1S/C17H16ClN3O/c1-11(12-5-4-6-13(18)9-12)19-10-16-20-15-8-3-2-7-14(15)17(22)21-16/h2-9,11,19H,10H2,1H3,(H,20,21,22)/t11-/m0/s1. The van der Waals surface area contributed by atoms with Crippen LogP contribution in [0.2, 0.25) is 5.02 Å². The molecule has 1 aromatic heterocycles. The second-order valence-electron chi connectivity index (χ2n) is 5.19. The Hall–Kier alpha value is -2.17. The van der Waals surface area contributed by atoms with Crippen molar-refractivity contribution in [1.29, 1.82) is 0 Å². The molecule has 0 aliphatic carbocycles. The van der Waals surface area contributed by atoms with Gasteiger partial charge in [-0.15, -0.1) is 0 Å². The van der Waals surface area contributed by atoms with E-state index in [4.69, 9.17) is 11.6 Å². The Morgan fingerprint density at radius 1 is 1.23 bits per heavy atom. The predicted octanol–water partition coefficient (Wildman–Crippen LogP) is 3.43. The molecule has 112 valence electrons. The number of fused-ring (bicyclic) bond motifs is 1. The second-order valence-corrected chi connectivity index (χ2v) is 5.62. The molecule has 0 aliphatic rings. The summed E-state index contributed by atoms with van der Waals surface area (Å²) >= 11 is 6.00. The number of aromatic nitrogens is 2. The number of hydrogen-bond acceptors (Lipinski definition) is 3. The van der Waals surface area contributed by atoms with Crippen LogP contribution >= 0.6 is 11.6 Å². The fraction of sp³-hybridized carbons (Fsp3) is 0.176. The molecule has 1 heterocycles. The molecule has 0 fully saturated rings. The lowest BCUT2D eigenvalue weighted by Gasteiger charge is -2.14. The molecule has 3 rings (SSSR count). The second kappa shape index (κ2) is 6.30. The van der Waals surface area contributed by atoms with E-state index in [0.29, 0.717) is 28.3 Å². The SMILES string of the molecule is C[C@H](NCc1nc2ccccc2c(=O)[nH]1)c1cccc(Cl)c1. The first kappa shape index (κ1) is 14.8. The molecule has 1 atom stereocenters. The number of nitrogens with one attached hydrogen (secondary N) is 2. The monoisotopic (exact) mass is 313 g/mol. The molecule has 0 spiro atoms. The minimum absolute atomic E-state index is 0.107. The van der Waals surface area contributed by atoms with Gasteiger partial charge < -0.3 is 10.3 Å². The van der Waals surface area contributed by atoms with E-state index in [9.17, 15) is 4.79 Å². The summed E-state index contributed by atoms with van der Waals surface area (Å²) in [7, 11) is 0. The summed E-state index contributed by atoms with van der Waals surface area (Å²) in [5.41, 5.74) is 1.69. The van der Waals surface area contributed by atoms with Gasteiger partial charge in [-0.05, 0) is 36.8 Å². The summed E-state index contributed by atoms with van der Waals surface area (Å²) in [5.74, 6) is 0.623. The maximum Gasteiger partial charge on any atom is 0.258 e. The summed E-state index contributed by atoms with van der Waals surface area (Å²) in [6.07, 6.45) is 0. The molecule has 0 radical (unpaired) electrons. The molecule has 0 unspecified atom stereocenters. The maximum atomic E-state index is 12.0. The highest BCUT2D eigenvalue weighted by Gasteiger charge is 2.07. The Morgan fingerprint density at radius 2 is 2.05 bits per heavy atom. The molecule has 0 aliphatic heterocycles. The molecular formula is C17H16ClN3O. The van der Waals surface area contributed by atoms with Crippen LogP contribution in [0.1, 0.15) is 24.4 Å². The van der Waals surface area contributed by atoms with Crippen molar-refractivity contribution < 1.29 is 0 Å². The number of hydrogen-bond donors (Lipinski definition) is 2. The van der Waals surface area contributed by atoms with Gasteiger partial charge in [0.15, 0.2) is 0 Å². The lowest BCUT2D eigenvalue weighted by Crippen LogP contribution is -2.22. The molecule has 3 aromatic rings. The van der Waals surface area contributed by atoms with Crippen LogP contribution in [0.15, 0.2) is 53.3 Å². The zero-order valence-electron chi connectivity index (χ0n) is 12.1. The zero-order valence-corrected chi connectivity index (χ0v) is 12.9. The van der Waals surface area contributed by atoms with Crippen molar-refractivity contribution in [2.45, 2.75) is 19.5 Å². The van der Waals surface area contributed by atoms with Crippen LogP contribution in [-0.4, -0.2) is 9.97 Å². The molecule has 2 N–H and O–H groups in total. The van der Waals surface area contributed by atoms with Crippen molar-refractivity contribution in [2.75, 3.05) is 0 Å². The number of rotatable bonds is 4. The van der Waals surface area contributed by atoms with Crippen molar-refractivity contribution in [2.24, 2.45) is 0 Å². The summed E-state index contributed by atoms with van der Waals surface area (Å²) in [5, 5.41) is 4.66. The van der Waals surface area contributed by atoms with Gasteiger partial charge in [0.25, 0.3) is 5.56 Å². The first-order chi connectivity index (χ1) is 10.6. The number of H-pyrrole nitrogens is 1. The normalized spacial score (nSPS) is 12.5. The fourth-order valence-electron chi connectivity index (χ4n) is 2.36. The fourth-order valence-corrected chi connectivity index (χ4v) is 2.56. The smallest absolute Gasteiger partial charge is 0.258 e. The molecule has 2 aromatic carbocycles. The van der Waals surface area contributed by atoms with Gasteiger partial charge in [-0.1, -0.05) is 35.9 Å². The highest BCUT2D eigenvalue weighted by molar-refractivity contribution is 6.30. The molecule has 4 nitrogen and oxygen atoms in total. The maximum absolute atomic E-state index is 12.0. The quantitative estimate of drug-likeness (QED) is 0.776. The number of benzene rings is 2. The molecule has 0 saturated carbocycles. The van der Waals surface area contributed by atoms with Gasteiger partial charge in [0.05, 0.1) is 17.4 Å². The van der Waals surface area contributed by atoms with Gasteiger partial charge in [-0.2, -0.15) is 0 Å². The van der Waals surface area contributed by atoms with Gasteiger partial charge in [-0.3, -0.25) is 4.79 Å². The minimum atomic E-state index is -0.113. The van der Waals surface area contributed by atoms with Crippen molar-refractivity contribution in [3.63, 3.8) is 0 Å². The average molecular weight is 314 g/mol. The predicted molar refractivity (Wildman–Crippen MR) is 89.1 cm³/mol. The minimum Gasteiger partial charge on any atom is -0.309 e. The number of aromatic amines is 1. The van der Waals surface area contributed by atoms with Crippen LogP contribution in [0.5, 0.6) is 0 Å². The van der Waals surface area contributed by atoms with Gasteiger partial charge in [0, 0.05) is 11.1 Å². The van der Waals surface area contributed by atoms with Crippen LogP contribution in [0, 0.1) is 0 Å². The van der Waals surface area contributed by atoms with Crippen LogP contribution in [0.4, 0.5) is 0 Å². The van der Waals surface area contributed by atoms with Crippen LogP contribution in [0.25, 0.3) is 10.9 Å². The Balaban J connectivity index is 1.78. The summed E-state index contributed by atoms with van der Waals surface area (Å²) in [6.45, 7) is 2.53. The Kier molecular flexibility index (Phi) is 4.22. The first-order valence-corrected chi connectivity index (χ1v) is 7.48. The van der Waals surface area contributed by atoms with Crippen molar-refractivity contribution >= 4 is 22.5 Å². The van der Waals surface area contributed by atoms with Gasteiger partial charge in [-0.25, -0.2) is 4.98 Å². The third-order valence-electron chi connectivity index (χ3n) is 3.59. The summed E-state index contributed by atoms with van der Waals surface area (Å²) in [4.78, 5) is 19.3. The number of halogens is 1. The van der Waals surface area contributed by atoms with Crippen LogP contribution in [0.3, 0.4) is 0 Å². The van der Waals surface area contributed by atoms with Crippen LogP contribution in [-0.2, 0) is 6.54 Å². The van der Waals surface area contributed by atoms with Crippen molar-refractivity contribution in [1.82, 2.24) is 15.3 Å². The highest BCUT2D eigenvalue weighted by Crippen LogP contribution is 2.17. The highest BCUT2D eigenvalue weighted by atomic mass is 35.5. The first-order valence-electron chi connectivity index (χ1n) is 7.10. The van der Waals surface area contributed by atoms with Gasteiger partial charge in [0.2, 0.25) is 0 Å². The van der Waals surface area contributed by atoms with Gasteiger partial charge >= 0.3 is 0 Å². The Bertz CT molecular complexity index is 860. The van der Waals surface area contributed by atoms with E-state index in [1.165, 1.54) is 0 Å². The molecular weight excluding hydrogens is 298 g/mol. The Labute approximate surface area is 133 Å². The molecule has 22 heavy (non-hydrogen) atoms. The molecule has 5 heteroatoms. The summed E-state index contributed by atoms with van der Waals surface area (Å²) < 4.78 is 0. The van der Waals surface area contributed by atoms with Crippen molar-refractivity contribution in [3.05, 3.63) is 75.3 Å². The summed E-state index contributed by atoms with van der Waals surface area (Å²) in [6, 6.07) is 15.1. The van der Waals surface area contributed by atoms with E-state index >= 15 is 0 Å². The average Bonchev–Trinajstić information content (AvgIpc) is 2.53. The van der Waals surface area contributed by atoms with E-state index in [-0.39, 0.29) is 11.6 Å². The zero-order chi connectivity index (χ0) is 15.5. The lowest BCUT2D eigenvalue weighted by atomic mass is 10.1. The third-order valence-corrected chi connectivity index (χ3v) is 3.82. The number of nitrogens with zero attached hydrogens (tertiary/aromatic N) is 1. The Morgan fingerprint density at radius 3 is 2.86 bits per heavy atom. The third kappa shape index (κ3) is 3.18. The van der Waals surface area contributed by atoms with E-state index < -0.39 is 0 Å².